The summed E-state index contributed by atoms with van der Waals surface area (Å²) < 4.78 is 13.9. The molecule has 10 nitrogen and oxygen atoms in total. The molecule has 0 atom stereocenters. The van der Waals surface area contributed by atoms with E-state index in [1.54, 1.807) is 49.8 Å². The molecule has 2 aromatic carbocycles. The van der Waals surface area contributed by atoms with Crippen molar-refractivity contribution in [1.82, 2.24) is 19.4 Å². The number of piperazine rings is 1. The third kappa shape index (κ3) is 5.59. The van der Waals surface area contributed by atoms with E-state index in [-0.39, 0.29) is 11.5 Å². The first-order chi connectivity index (χ1) is 20.4. The van der Waals surface area contributed by atoms with Gasteiger partial charge in [-0.2, -0.15) is 0 Å². The quantitative estimate of drug-likeness (QED) is 0.308. The van der Waals surface area contributed by atoms with E-state index in [2.05, 4.69) is 50.0 Å². The zero-order chi connectivity index (χ0) is 29.2. The first-order valence-electron chi connectivity index (χ1n) is 14.0. The summed E-state index contributed by atoms with van der Waals surface area (Å²) in [7, 11) is 3.82. The molecule has 2 aliphatic heterocycles. The van der Waals surface area contributed by atoms with E-state index in [9.17, 15) is 9.59 Å². The molecular weight excluding hydrogens is 532 g/mol. The van der Waals surface area contributed by atoms with Gasteiger partial charge < -0.3 is 29.6 Å². The van der Waals surface area contributed by atoms with E-state index in [4.69, 9.17) is 9.47 Å². The van der Waals surface area contributed by atoms with Gasteiger partial charge in [0.1, 0.15) is 11.5 Å². The average molecular weight is 567 g/mol. The number of pyridine rings is 1. The predicted octanol–water partition coefficient (Wildman–Crippen LogP) is 4.86. The highest BCUT2D eigenvalue weighted by atomic mass is 16.5. The molecule has 0 spiro atoms. The van der Waals surface area contributed by atoms with E-state index in [0.29, 0.717) is 22.7 Å². The molecule has 2 amide bonds. The lowest BCUT2D eigenvalue weighted by Gasteiger charge is -2.32. The van der Waals surface area contributed by atoms with E-state index in [1.807, 2.05) is 18.2 Å². The molecule has 10 heteroatoms. The molecule has 0 radical (unpaired) electrons. The van der Waals surface area contributed by atoms with Gasteiger partial charge in [0.2, 0.25) is 5.78 Å². The Morgan fingerprint density at radius 1 is 1.05 bits per heavy atom. The van der Waals surface area contributed by atoms with Crippen LogP contribution in [0.25, 0.3) is 17.0 Å². The van der Waals surface area contributed by atoms with Gasteiger partial charge in [-0.15, -0.1) is 0 Å². The highest BCUT2D eigenvalue weighted by molar-refractivity contribution is 6.16. The van der Waals surface area contributed by atoms with Crippen LogP contribution in [0.1, 0.15) is 21.6 Å². The van der Waals surface area contributed by atoms with Gasteiger partial charge in [-0.25, -0.2) is 4.79 Å². The molecule has 0 saturated carbocycles. The van der Waals surface area contributed by atoms with Crippen molar-refractivity contribution in [2.24, 2.45) is 0 Å². The summed E-state index contributed by atoms with van der Waals surface area (Å²) in [6, 6.07) is 14.1. The second kappa shape index (κ2) is 11.7. The Labute approximate surface area is 244 Å². The summed E-state index contributed by atoms with van der Waals surface area (Å²) in [4.78, 5) is 34.8. The molecule has 0 bridgehead atoms. The minimum absolute atomic E-state index is 0.234. The van der Waals surface area contributed by atoms with E-state index in [0.717, 1.165) is 67.2 Å². The van der Waals surface area contributed by atoms with Crippen LogP contribution >= 0.6 is 0 Å². The number of hydrogen-bond donors (Lipinski definition) is 2. The standard InChI is InChI=1S/C32H34N6O4/c1-21-25(26-18-24(41-3)7-8-28(26)38(21)16-15-37-13-11-36(2)12-14-37)19-30-31(39)27-17-22(6-9-29(27)42-30)34-32(40)35-23-5-4-10-33-20-23/h4-10,17-20H,11-16H2,1-3H3,(H2,34,35,40). The lowest BCUT2D eigenvalue weighted by atomic mass is 10.1. The minimum Gasteiger partial charge on any atom is -0.497 e. The number of rotatable bonds is 7. The maximum atomic E-state index is 13.5. The van der Waals surface area contributed by atoms with Gasteiger partial charge in [-0.1, -0.05) is 0 Å². The molecule has 4 aromatic rings. The Balaban J connectivity index is 1.25. The van der Waals surface area contributed by atoms with Gasteiger partial charge in [0.25, 0.3) is 0 Å². The van der Waals surface area contributed by atoms with Crippen molar-refractivity contribution in [2.45, 2.75) is 13.5 Å². The van der Waals surface area contributed by atoms with Crippen molar-refractivity contribution in [3.8, 4) is 11.5 Å². The van der Waals surface area contributed by atoms with Gasteiger partial charge in [0.15, 0.2) is 5.76 Å². The monoisotopic (exact) mass is 566 g/mol. The number of fused-ring (bicyclic) bond motifs is 2. The number of nitrogens with one attached hydrogen (secondary N) is 2. The van der Waals surface area contributed by atoms with Crippen LogP contribution in [0.2, 0.25) is 0 Å². The summed E-state index contributed by atoms with van der Waals surface area (Å²) in [6.07, 6.45) is 5.01. The van der Waals surface area contributed by atoms with Crippen molar-refractivity contribution >= 4 is 40.2 Å². The molecule has 2 N–H and O–H groups in total. The number of urea groups is 1. The largest absolute Gasteiger partial charge is 0.497 e. The lowest BCUT2D eigenvalue weighted by Crippen LogP contribution is -2.45. The van der Waals surface area contributed by atoms with Gasteiger partial charge in [0.05, 0.1) is 24.6 Å². The topological polar surface area (TPSA) is 101 Å². The molecule has 216 valence electrons. The number of ketones is 1. The molecule has 0 aliphatic carbocycles. The predicted molar refractivity (Wildman–Crippen MR) is 163 cm³/mol. The fraction of sp³-hybridized carbons (Fsp3) is 0.281. The highest BCUT2D eigenvalue weighted by Crippen LogP contribution is 2.37. The van der Waals surface area contributed by atoms with Gasteiger partial charge in [0, 0.05) is 73.3 Å². The smallest absolute Gasteiger partial charge is 0.323 e. The SMILES string of the molecule is COc1ccc2c(c1)c(C=C1Oc3ccc(NC(=O)Nc4cccnc4)cc3C1=O)c(C)n2CCN1CCN(C)CC1. The molecule has 0 unspecified atom stereocenters. The number of allylic oxidation sites excluding steroid dienone is 1. The molecular formula is C32H34N6O4. The zero-order valence-corrected chi connectivity index (χ0v) is 24.0. The molecule has 2 aliphatic rings. The fourth-order valence-electron chi connectivity index (χ4n) is 5.53. The van der Waals surface area contributed by atoms with Crippen LogP contribution in [0.15, 0.2) is 66.7 Å². The second-order valence-corrected chi connectivity index (χ2v) is 10.7. The van der Waals surface area contributed by atoms with Crippen molar-refractivity contribution in [3.63, 3.8) is 0 Å². The van der Waals surface area contributed by atoms with Crippen molar-refractivity contribution in [3.05, 3.63) is 83.5 Å². The van der Waals surface area contributed by atoms with Crippen molar-refractivity contribution < 1.29 is 19.1 Å². The number of likely N-dealkylation sites (N-methyl/N-ethyl adjacent to an activating group) is 1. The summed E-state index contributed by atoms with van der Waals surface area (Å²) in [5.41, 5.74) is 4.51. The molecule has 4 heterocycles. The molecule has 42 heavy (non-hydrogen) atoms. The van der Waals surface area contributed by atoms with Crippen molar-refractivity contribution in [1.29, 1.82) is 0 Å². The number of amides is 2. The van der Waals surface area contributed by atoms with Crippen LogP contribution in [-0.4, -0.2) is 78.0 Å². The van der Waals surface area contributed by atoms with Crippen LogP contribution < -0.4 is 20.1 Å². The van der Waals surface area contributed by atoms with E-state index < -0.39 is 6.03 Å². The molecule has 6 rings (SSSR count). The van der Waals surface area contributed by atoms with Crippen LogP contribution in [-0.2, 0) is 6.54 Å². The number of Topliss-reactive ketones (excluding diaryl/α,β-unsaturated/α-hetero) is 1. The summed E-state index contributed by atoms with van der Waals surface area (Å²) in [5, 5.41) is 6.49. The van der Waals surface area contributed by atoms with Crippen LogP contribution in [0.5, 0.6) is 11.5 Å². The van der Waals surface area contributed by atoms with Gasteiger partial charge >= 0.3 is 6.03 Å². The number of carbonyl (C=O) groups is 2. The maximum absolute atomic E-state index is 13.5. The van der Waals surface area contributed by atoms with E-state index in [1.165, 1.54) is 0 Å². The van der Waals surface area contributed by atoms with Crippen LogP contribution in [0.4, 0.5) is 16.2 Å². The third-order valence-electron chi connectivity index (χ3n) is 7.94. The van der Waals surface area contributed by atoms with Gasteiger partial charge in [-0.3, -0.25) is 14.7 Å². The fourth-order valence-corrected chi connectivity index (χ4v) is 5.53. The number of anilines is 2. The number of benzene rings is 2. The van der Waals surface area contributed by atoms with E-state index >= 15 is 0 Å². The van der Waals surface area contributed by atoms with Gasteiger partial charge in [-0.05, 0) is 68.6 Å². The average Bonchev–Trinajstić information content (AvgIpc) is 3.45. The second-order valence-electron chi connectivity index (χ2n) is 10.7. The Hall–Kier alpha value is -4.67. The Kier molecular flexibility index (Phi) is 7.64. The highest BCUT2D eigenvalue weighted by Gasteiger charge is 2.29. The summed E-state index contributed by atoms with van der Waals surface area (Å²) >= 11 is 0. The Morgan fingerprint density at radius 2 is 1.86 bits per heavy atom. The van der Waals surface area contributed by atoms with Crippen LogP contribution in [0.3, 0.4) is 0 Å². The summed E-state index contributed by atoms with van der Waals surface area (Å²) in [5.74, 6) is 1.21. The number of carbonyl (C=O) groups excluding carboxylic acids is 2. The number of nitrogens with zero attached hydrogens (tertiary/aromatic N) is 4. The Bertz CT molecular complexity index is 1670. The maximum Gasteiger partial charge on any atom is 0.323 e. The molecule has 1 fully saturated rings. The first kappa shape index (κ1) is 27.5. The third-order valence-corrected chi connectivity index (χ3v) is 7.94. The number of methoxy groups -OCH3 is 1. The number of ether oxygens (including phenoxy) is 2. The number of aromatic nitrogens is 2. The summed E-state index contributed by atoms with van der Waals surface area (Å²) in [6.45, 7) is 8.14. The Morgan fingerprint density at radius 3 is 2.62 bits per heavy atom. The molecule has 2 aromatic heterocycles. The zero-order valence-electron chi connectivity index (χ0n) is 24.0. The normalized spacial score (nSPS) is 16.5. The van der Waals surface area contributed by atoms with Crippen LogP contribution in [0, 0.1) is 6.92 Å². The minimum atomic E-state index is -0.431. The molecule has 1 saturated heterocycles. The number of hydrogen-bond acceptors (Lipinski definition) is 7. The lowest BCUT2D eigenvalue weighted by molar-refractivity contribution is 0.101. The first-order valence-corrected chi connectivity index (χ1v) is 14.0. The van der Waals surface area contributed by atoms with Crippen molar-refractivity contribution in [2.75, 3.05) is 57.5 Å².